The van der Waals surface area contributed by atoms with Crippen LogP contribution in [0.15, 0.2) is 36.4 Å². The fraction of sp³-hybridized carbons (Fsp3) is 0.294. The van der Waals surface area contributed by atoms with Crippen LogP contribution >= 0.6 is 0 Å². The van der Waals surface area contributed by atoms with E-state index in [4.69, 9.17) is 5.73 Å². The van der Waals surface area contributed by atoms with Crippen molar-refractivity contribution in [2.45, 2.75) is 32.2 Å². The summed E-state index contributed by atoms with van der Waals surface area (Å²) in [5.74, 6) is -3.50. The van der Waals surface area contributed by atoms with Crippen molar-refractivity contribution in [3.63, 3.8) is 0 Å². The molecule has 0 amide bonds. The molecule has 2 aromatic carbocycles. The Morgan fingerprint density at radius 3 is 2.05 bits per heavy atom. The van der Waals surface area contributed by atoms with Crippen molar-refractivity contribution in [3.05, 3.63) is 70.5 Å². The van der Waals surface area contributed by atoms with Crippen LogP contribution in [0.5, 0.6) is 0 Å². The van der Waals surface area contributed by atoms with Gasteiger partial charge >= 0.3 is 0 Å². The van der Waals surface area contributed by atoms with Gasteiger partial charge in [0.1, 0.15) is 0 Å². The van der Waals surface area contributed by atoms with E-state index in [-0.39, 0.29) is 5.56 Å². The lowest BCUT2D eigenvalue weighted by Crippen LogP contribution is -2.15. The van der Waals surface area contributed by atoms with Crippen molar-refractivity contribution in [2.24, 2.45) is 5.73 Å². The molecule has 0 saturated carbocycles. The molecule has 2 N–H and O–H groups in total. The molecule has 0 aliphatic carbocycles. The van der Waals surface area contributed by atoms with Gasteiger partial charge in [0.2, 0.25) is 0 Å². The topological polar surface area (TPSA) is 26.0 Å². The van der Waals surface area contributed by atoms with Crippen LogP contribution in [0.25, 0.3) is 0 Å². The molecule has 4 heteroatoms. The highest BCUT2D eigenvalue weighted by atomic mass is 19.2. The summed E-state index contributed by atoms with van der Waals surface area (Å²) in [7, 11) is 0. The summed E-state index contributed by atoms with van der Waals surface area (Å²) in [5, 5.41) is 0. The smallest absolute Gasteiger partial charge is 0.194 e. The fourth-order valence-corrected chi connectivity index (χ4v) is 2.23. The van der Waals surface area contributed by atoms with E-state index >= 15 is 0 Å². The Morgan fingerprint density at radius 1 is 0.905 bits per heavy atom. The van der Waals surface area contributed by atoms with Gasteiger partial charge in [-0.25, -0.2) is 13.2 Å². The fourth-order valence-electron chi connectivity index (χ4n) is 2.23. The first-order chi connectivity index (χ1) is 9.95. The van der Waals surface area contributed by atoms with Crippen molar-refractivity contribution >= 4 is 0 Å². The first-order valence-corrected chi connectivity index (χ1v) is 6.94. The Hall–Kier alpha value is -1.81. The number of rotatable bonds is 4. The van der Waals surface area contributed by atoms with E-state index in [1.54, 1.807) is 12.1 Å². The van der Waals surface area contributed by atoms with Crippen LogP contribution in [0, 0.1) is 17.5 Å². The van der Waals surface area contributed by atoms with Gasteiger partial charge in [-0.05, 0) is 29.5 Å². The second-order valence-corrected chi connectivity index (χ2v) is 5.22. The summed E-state index contributed by atoms with van der Waals surface area (Å²) in [6.45, 7) is 4.21. The Balaban J connectivity index is 2.32. The molecule has 112 valence electrons. The first-order valence-electron chi connectivity index (χ1n) is 6.94. The largest absolute Gasteiger partial charge is 0.320 e. The predicted molar refractivity (Wildman–Crippen MR) is 77.5 cm³/mol. The van der Waals surface area contributed by atoms with Gasteiger partial charge in [0.15, 0.2) is 17.5 Å². The molecule has 2 atom stereocenters. The summed E-state index contributed by atoms with van der Waals surface area (Å²) in [5.41, 5.74) is 7.74. The van der Waals surface area contributed by atoms with Gasteiger partial charge in [-0.15, -0.1) is 0 Å². The van der Waals surface area contributed by atoms with E-state index in [2.05, 4.69) is 13.8 Å². The molecule has 0 aliphatic heterocycles. The molecule has 0 heterocycles. The standard InChI is InChI=1S/C17H18F3N/c1-3-10(2)11-4-6-12(7-5-11)17(21)13-8-9-14(18)16(20)15(13)19/h4-10,17H,3,21H2,1-2H3. The maximum absolute atomic E-state index is 13.8. The Morgan fingerprint density at radius 2 is 1.48 bits per heavy atom. The molecule has 0 radical (unpaired) electrons. The number of nitrogens with two attached hydrogens (primary N) is 1. The van der Waals surface area contributed by atoms with Gasteiger partial charge in [0, 0.05) is 5.56 Å². The van der Waals surface area contributed by atoms with Gasteiger partial charge in [0.05, 0.1) is 6.04 Å². The van der Waals surface area contributed by atoms with Crippen molar-refractivity contribution in [3.8, 4) is 0 Å². The molecule has 2 unspecified atom stereocenters. The second-order valence-electron chi connectivity index (χ2n) is 5.22. The summed E-state index contributed by atoms with van der Waals surface area (Å²) in [4.78, 5) is 0. The van der Waals surface area contributed by atoms with Crippen molar-refractivity contribution in [2.75, 3.05) is 0 Å². The lowest BCUT2D eigenvalue weighted by atomic mass is 9.94. The van der Waals surface area contributed by atoms with Crippen molar-refractivity contribution in [1.29, 1.82) is 0 Å². The Labute approximate surface area is 122 Å². The quantitative estimate of drug-likeness (QED) is 0.815. The van der Waals surface area contributed by atoms with E-state index in [1.165, 1.54) is 11.6 Å². The first kappa shape index (κ1) is 15.6. The van der Waals surface area contributed by atoms with E-state index in [0.29, 0.717) is 11.5 Å². The molecule has 0 bridgehead atoms. The van der Waals surface area contributed by atoms with E-state index in [1.807, 2.05) is 12.1 Å². The van der Waals surface area contributed by atoms with Crippen LogP contribution < -0.4 is 5.73 Å². The maximum atomic E-state index is 13.8. The van der Waals surface area contributed by atoms with E-state index < -0.39 is 23.5 Å². The lowest BCUT2D eigenvalue weighted by molar-refractivity contribution is 0.438. The molecule has 0 saturated heterocycles. The number of halogens is 3. The van der Waals surface area contributed by atoms with Gasteiger partial charge in [-0.2, -0.15) is 0 Å². The number of hydrogen-bond acceptors (Lipinski definition) is 1. The average Bonchev–Trinajstić information content (AvgIpc) is 2.51. The zero-order valence-electron chi connectivity index (χ0n) is 12.0. The van der Waals surface area contributed by atoms with Gasteiger partial charge < -0.3 is 5.73 Å². The highest BCUT2D eigenvalue weighted by Crippen LogP contribution is 2.27. The summed E-state index contributed by atoms with van der Waals surface area (Å²) >= 11 is 0. The molecule has 2 aromatic rings. The monoisotopic (exact) mass is 293 g/mol. The molecule has 0 spiro atoms. The van der Waals surface area contributed by atoms with Crippen molar-refractivity contribution in [1.82, 2.24) is 0 Å². The molecular weight excluding hydrogens is 275 g/mol. The van der Waals surface area contributed by atoms with Gasteiger partial charge in [-0.1, -0.05) is 44.2 Å². The van der Waals surface area contributed by atoms with Gasteiger partial charge in [0.25, 0.3) is 0 Å². The number of hydrogen-bond donors (Lipinski definition) is 1. The zero-order valence-corrected chi connectivity index (χ0v) is 12.0. The van der Waals surface area contributed by atoms with Crippen LogP contribution in [0.3, 0.4) is 0 Å². The molecule has 0 aliphatic rings. The predicted octanol–water partition coefficient (Wildman–Crippen LogP) is 4.67. The minimum atomic E-state index is -1.49. The maximum Gasteiger partial charge on any atom is 0.194 e. The molecule has 1 nitrogen and oxygen atoms in total. The third-order valence-electron chi connectivity index (χ3n) is 3.88. The van der Waals surface area contributed by atoms with Crippen LogP contribution in [0.1, 0.15) is 48.9 Å². The SMILES string of the molecule is CCC(C)c1ccc(C(N)c2ccc(F)c(F)c2F)cc1. The van der Waals surface area contributed by atoms with Crippen LogP contribution in [0.2, 0.25) is 0 Å². The normalized spacial score (nSPS) is 14.0. The summed E-state index contributed by atoms with van der Waals surface area (Å²) in [6.07, 6.45) is 1.02. The molecule has 0 fully saturated rings. The van der Waals surface area contributed by atoms with Crippen LogP contribution in [0.4, 0.5) is 13.2 Å². The summed E-state index contributed by atoms with van der Waals surface area (Å²) < 4.78 is 40.0. The van der Waals surface area contributed by atoms with Crippen molar-refractivity contribution < 1.29 is 13.2 Å². The highest BCUT2D eigenvalue weighted by Gasteiger charge is 2.19. The van der Waals surface area contributed by atoms with E-state index in [9.17, 15) is 13.2 Å². The molecule has 0 aromatic heterocycles. The van der Waals surface area contributed by atoms with Gasteiger partial charge in [-0.3, -0.25) is 0 Å². The lowest BCUT2D eigenvalue weighted by Gasteiger charge is -2.16. The van der Waals surface area contributed by atoms with E-state index in [0.717, 1.165) is 12.5 Å². The molecular formula is C17H18F3N. The second kappa shape index (κ2) is 6.31. The Bertz CT molecular complexity index is 623. The third-order valence-corrected chi connectivity index (χ3v) is 3.88. The molecule has 21 heavy (non-hydrogen) atoms. The number of benzene rings is 2. The highest BCUT2D eigenvalue weighted by molar-refractivity contribution is 5.35. The summed E-state index contributed by atoms with van der Waals surface area (Å²) in [6, 6.07) is 8.70. The zero-order chi connectivity index (χ0) is 15.6. The van der Waals surface area contributed by atoms with Crippen LogP contribution in [-0.2, 0) is 0 Å². The molecule has 2 rings (SSSR count). The Kier molecular flexibility index (Phi) is 4.68. The minimum Gasteiger partial charge on any atom is -0.320 e. The minimum absolute atomic E-state index is 0.0508. The average molecular weight is 293 g/mol. The third kappa shape index (κ3) is 3.10. The van der Waals surface area contributed by atoms with Crippen LogP contribution in [-0.4, -0.2) is 0 Å².